The van der Waals surface area contributed by atoms with E-state index in [1.807, 2.05) is 19.3 Å². The fraction of sp³-hybridized carbons (Fsp3) is 0.583. The molecule has 3 aliphatic rings. The molecule has 154 valence electrons. The van der Waals surface area contributed by atoms with E-state index in [9.17, 15) is 0 Å². The van der Waals surface area contributed by atoms with Gasteiger partial charge in [-0.25, -0.2) is 4.98 Å². The Kier molecular flexibility index (Phi) is 4.94. The standard InChI is InChI=1S/C24H32N4O/c1-18-14-26-23(15-25-18)28-16-24(17-28)10-7-20(13-24)27-11-8-19(9-12-27)21-5-3-4-6-22(21)29-2/h3-6,14-15,19-20H,7-13,16-17H2,1-2H3. The second kappa shape index (κ2) is 7.60. The minimum Gasteiger partial charge on any atom is -0.496 e. The van der Waals surface area contributed by atoms with Gasteiger partial charge in [-0.15, -0.1) is 0 Å². The topological polar surface area (TPSA) is 41.5 Å². The number of aryl methyl sites for hydroxylation is 1. The highest BCUT2D eigenvalue weighted by molar-refractivity contribution is 5.41. The first-order chi connectivity index (χ1) is 14.2. The van der Waals surface area contributed by atoms with Crippen LogP contribution in [0.25, 0.3) is 0 Å². The Balaban J connectivity index is 1.15. The van der Waals surface area contributed by atoms with Crippen LogP contribution in [0.15, 0.2) is 36.7 Å². The first kappa shape index (κ1) is 18.9. The lowest BCUT2D eigenvalue weighted by molar-refractivity contribution is 0.131. The molecule has 2 aliphatic heterocycles. The smallest absolute Gasteiger partial charge is 0.147 e. The Labute approximate surface area is 174 Å². The highest BCUT2D eigenvalue weighted by atomic mass is 16.5. The molecule has 0 bridgehead atoms. The summed E-state index contributed by atoms with van der Waals surface area (Å²) in [6.45, 7) is 6.73. The minimum absolute atomic E-state index is 0.511. The molecule has 2 aromatic rings. The highest BCUT2D eigenvalue weighted by Gasteiger charge is 2.49. The normalized spacial score (nSPS) is 24.6. The van der Waals surface area contributed by atoms with Crippen molar-refractivity contribution in [1.82, 2.24) is 14.9 Å². The second-order valence-corrected chi connectivity index (χ2v) is 9.32. The van der Waals surface area contributed by atoms with E-state index in [0.717, 1.165) is 36.4 Å². The van der Waals surface area contributed by atoms with E-state index in [2.05, 4.69) is 44.0 Å². The minimum atomic E-state index is 0.511. The van der Waals surface area contributed by atoms with Crippen molar-refractivity contribution in [3.8, 4) is 5.75 Å². The summed E-state index contributed by atoms with van der Waals surface area (Å²) in [5, 5.41) is 0. The zero-order chi connectivity index (χ0) is 19.8. The predicted octanol–water partition coefficient (Wildman–Crippen LogP) is 4.03. The van der Waals surface area contributed by atoms with Gasteiger partial charge >= 0.3 is 0 Å². The van der Waals surface area contributed by atoms with Crippen LogP contribution in [-0.2, 0) is 0 Å². The average Bonchev–Trinajstić information content (AvgIpc) is 3.19. The van der Waals surface area contributed by atoms with Crippen LogP contribution in [0.2, 0.25) is 0 Å². The maximum absolute atomic E-state index is 5.60. The monoisotopic (exact) mass is 392 g/mol. The van der Waals surface area contributed by atoms with E-state index in [4.69, 9.17) is 4.74 Å². The zero-order valence-corrected chi connectivity index (χ0v) is 17.7. The molecule has 3 heterocycles. The van der Waals surface area contributed by atoms with Crippen LogP contribution in [0, 0.1) is 12.3 Å². The Hall–Kier alpha value is -2.14. The van der Waals surface area contributed by atoms with E-state index in [0.29, 0.717) is 11.3 Å². The SMILES string of the molecule is COc1ccccc1C1CCN(C2CCC3(C2)CN(c2cnc(C)cn2)C3)CC1. The summed E-state index contributed by atoms with van der Waals surface area (Å²) in [7, 11) is 1.79. The van der Waals surface area contributed by atoms with Crippen LogP contribution >= 0.6 is 0 Å². The number of hydrogen-bond donors (Lipinski definition) is 0. The quantitative estimate of drug-likeness (QED) is 0.786. The van der Waals surface area contributed by atoms with E-state index >= 15 is 0 Å². The van der Waals surface area contributed by atoms with E-state index in [1.165, 1.54) is 50.8 Å². The summed E-state index contributed by atoms with van der Waals surface area (Å²) in [5.74, 6) is 2.74. The van der Waals surface area contributed by atoms with Crippen LogP contribution in [0.3, 0.4) is 0 Å². The number of methoxy groups -OCH3 is 1. The number of piperidine rings is 1. The first-order valence-electron chi connectivity index (χ1n) is 11.1. The van der Waals surface area contributed by atoms with Gasteiger partial charge in [-0.2, -0.15) is 0 Å². The van der Waals surface area contributed by atoms with E-state index in [1.54, 1.807) is 7.11 Å². The molecule has 3 fully saturated rings. The number of likely N-dealkylation sites (tertiary alicyclic amines) is 1. The van der Waals surface area contributed by atoms with Crippen molar-refractivity contribution in [3.63, 3.8) is 0 Å². The van der Waals surface area contributed by atoms with E-state index in [-0.39, 0.29) is 0 Å². The first-order valence-corrected chi connectivity index (χ1v) is 11.1. The van der Waals surface area contributed by atoms with Gasteiger partial charge in [0, 0.05) is 24.5 Å². The van der Waals surface area contributed by atoms with E-state index < -0.39 is 0 Å². The molecule has 1 saturated carbocycles. The molecule has 1 unspecified atom stereocenters. The van der Waals surface area contributed by atoms with Crippen LogP contribution < -0.4 is 9.64 Å². The summed E-state index contributed by atoms with van der Waals surface area (Å²) >= 11 is 0. The zero-order valence-electron chi connectivity index (χ0n) is 17.7. The van der Waals surface area contributed by atoms with Gasteiger partial charge in [0.05, 0.1) is 25.2 Å². The molecular formula is C24H32N4O. The number of ether oxygens (including phenoxy) is 1. The molecule has 1 aliphatic carbocycles. The van der Waals surface area contributed by atoms with Gasteiger partial charge in [-0.1, -0.05) is 18.2 Å². The molecule has 1 spiro atoms. The van der Waals surface area contributed by atoms with Gasteiger partial charge in [-0.05, 0) is 69.7 Å². The van der Waals surface area contributed by atoms with Crippen molar-refractivity contribution >= 4 is 5.82 Å². The van der Waals surface area contributed by atoms with Crippen molar-refractivity contribution in [2.45, 2.75) is 51.0 Å². The summed E-state index contributed by atoms with van der Waals surface area (Å²) in [4.78, 5) is 14.1. The van der Waals surface area contributed by atoms with Crippen LogP contribution in [0.4, 0.5) is 5.82 Å². The van der Waals surface area contributed by atoms with Crippen molar-refractivity contribution in [1.29, 1.82) is 0 Å². The van der Waals surface area contributed by atoms with Crippen molar-refractivity contribution < 1.29 is 4.74 Å². The van der Waals surface area contributed by atoms with Gasteiger partial charge in [-0.3, -0.25) is 4.98 Å². The molecular weight excluding hydrogens is 360 g/mol. The molecule has 0 radical (unpaired) electrons. The third kappa shape index (κ3) is 3.61. The van der Waals surface area contributed by atoms with Gasteiger partial charge in [0.25, 0.3) is 0 Å². The number of aromatic nitrogens is 2. The third-order valence-corrected chi connectivity index (χ3v) is 7.45. The predicted molar refractivity (Wildman–Crippen MR) is 116 cm³/mol. The fourth-order valence-corrected chi connectivity index (χ4v) is 5.83. The number of hydrogen-bond acceptors (Lipinski definition) is 5. The Morgan fingerprint density at radius 3 is 2.55 bits per heavy atom. The lowest BCUT2D eigenvalue weighted by atomic mass is 9.78. The van der Waals surface area contributed by atoms with Crippen molar-refractivity contribution in [2.75, 3.05) is 38.2 Å². The number of rotatable bonds is 4. The summed E-state index contributed by atoms with van der Waals surface area (Å²) in [6, 6.07) is 9.33. The maximum atomic E-state index is 5.60. The van der Waals surface area contributed by atoms with Gasteiger partial charge in [0.1, 0.15) is 11.6 Å². The molecule has 0 N–H and O–H groups in total. The molecule has 1 atom stereocenters. The summed E-state index contributed by atoms with van der Waals surface area (Å²) in [6.07, 6.45) is 10.4. The number of nitrogens with zero attached hydrogens (tertiary/aromatic N) is 4. The van der Waals surface area contributed by atoms with Crippen molar-refractivity contribution in [2.24, 2.45) is 5.41 Å². The maximum Gasteiger partial charge on any atom is 0.147 e. The van der Waals surface area contributed by atoms with Crippen LogP contribution in [-0.4, -0.2) is 54.2 Å². The van der Waals surface area contributed by atoms with Gasteiger partial charge in [0.15, 0.2) is 0 Å². The summed E-state index contributed by atoms with van der Waals surface area (Å²) < 4.78 is 5.60. The van der Waals surface area contributed by atoms with Crippen LogP contribution in [0.1, 0.15) is 49.3 Å². The third-order valence-electron chi connectivity index (χ3n) is 7.45. The Morgan fingerprint density at radius 1 is 1.03 bits per heavy atom. The largest absolute Gasteiger partial charge is 0.496 e. The molecule has 0 amide bonds. The van der Waals surface area contributed by atoms with Gasteiger partial charge in [0.2, 0.25) is 0 Å². The lowest BCUT2D eigenvalue weighted by Gasteiger charge is -2.49. The number of para-hydroxylation sites is 1. The molecule has 29 heavy (non-hydrogen) atoms. The number of benzene rings is 1. The van der Waals surface area contributed by atoms with Crippen molar-refractivity contribution in [3.05, 3.63) is 47.9 Å². The molecule has 5 nitrogen and oxygen atoms in total. The second-order valence-electron chi connectivity index (χ2n) is 9.32. The van der Waals surface area contributed by atoms with Crippen LogP contribution in [0.5, 0.6) is 5.75 Å². The molecule has 1 aromatic carbocycles. The lowest BCUT2D eigenvalue weighted by Crippen LogP contribution is -2.56. The molecule has 1 aromatic heterocycles. The Bertz CT molecular complexity index is 838. The summed E-state index contributed by atoms with van der Waals surface area (Å²) in [5.41, 5.74) is 2.89. The Morgan fingerprint density at radius 2 is 1.83 bits per heavy atom. The molecule has 2 saturated heterocycles. The highest BCUT2D eigenvalue weighted by Crippen LogP contribution is 2.48. The fourth-order valence-electron chi connectivity index (χ4n) is 5.83. The van der Waals surface area contributed by atoms with Gasteiger partial charge < -0.3 is 14.5 Å². The molecule has 5 rings (SSSR count). The number of anilines is 1. The average molecular weight is 393 g/mol. The molecule has 5 heteroatoms.